The van der Waals surface area contributed by atoms with Gasteiger partial charge in [-0.2, -0.15) is 0 Å². The number of anilines is 1. The number of aryl methyl sites for hydroxylation is 1. The Hall–Kier alpha value is -3.38. The summed E-state index contributed by atoms with van der Waals surface area (Å²) < 4.78 is 0. The number of aromatic nitrogens is 1. The molecule has 1 unspecified atom stereocenters. The Balaban J connectivity index is 1.20. The summed E-state index contributed by atoms with van der Waals surface area (Å²) in [6.07, 6.45) is 8.50. The van der Waals surface area contributed by atoms with Crippen molar-refractivity contribution in [2.45, 2.75) is 44.1 Å². The van der Waals surface area contributed by atoms with Gasteiger partial charge in [0.2, 0.25) is 0 Å². The number of carbonyl (C=O) groups excluding carboxylic acids is 2. The van der Waals surface area contributed by atoms with Crippen molar-refractivity contribution in [2.24, 2.45) is 0 Å². The zero-order chi connectivity index (χ0) is 24.9. The first-order chi connectivity index (χ1) is 17.6. The Kier molecular flexibility index (Phi) is 7.52. The van der Waals surface area contributed by atoms with Crippen LogP contribution < -0.4 is 15.5 Å². The molecule has 0 spiro atoms. The molecule has 0 radical (unpaired) electrons. The number of nitrogens with zero attached hydrogens (tertiary/aromatic N) is 2. The predicted octanol–water partition coefficient (Wildman–Crippen LogP) is 4.98. The van der Waals surface area contributed by atoms with E-state index in [4.69, 9.17) is 11.6 Å². The van der Waals surface area contributed by atoms with Crippen LogP contribution in [-0.2, 0) is 6.42 Å². The first-order valence-corrected chi connectivity index (χ1v) is 13.1. The highest BCUT2D eigenvalue weighted by atomic mass is 35.5. The van der Waals surface area contributed by atoms with E-state index >= 15 is 0 Å². The number of hydrogen-bond donors (Lipinski definition) is 2. The van der Waals surface area contributed by atoms with Gasteiger partial charge in [-0.15, -0.1) is 0 Å². The van der Waals surface area contributed by atoms with Crippen molar-refractivity contribution < 1.29 is 9.59 Å². The molecule has 0 saturated carbocycles. The van der Waals surface area contributed by atoms with Crippen LogP contribution in [-0.4, -0.2) is 42.5 Å². The Labute approximate surface area is 217 Å². The van der Waals surface area contributed by atoms with Crippen molar-refractivity contribution in [3.8, 4) is 0 Å². The van der Waals surface area contributed by atoms with E-state index in [0.29, 0.717) is 22.7 Å². The number of benzene rings is 2. The van der Waals surface area contributed by atoms with Crippen molar-refractivity contribution in [2.75, 3.05) is 24.5 Å². The number of fused-ring (bicyclic) bond motifs is 1. The number of halogens is 1. The molecule has 1 atom stereocenters. The normalized spacial score (nSPS) is 17.8. The molecule has 186 valence electrons. The summed E-state index contributed by atoms with van der Waals surface area (Å²) in [6.45, 7) is 2.34. The Morgan fingerprint density at radius 3 is 2.53 bits per heavy atom. The summed E-state index contributed by atoms with van der Waals surface area (Å²) in [5.74, 6) is -0.0131. The van der Waals surface area contributed by atoms with Crippen LogP contribution in [0.15, 0.2) is 67.0 Å². The molecule has 2 N–H and O–H groups in total. The van der Waals surface area contributed by atoms with E-state index < -0.39 is 0 Å². The zero-order valence-electron chi connectivity index (χ0n) is 20.3. The van der Waals surface area contributed by atoms with Crippen LogP contribution in [0, 0.1) is 0 Å². The summed E-state index contributed by atoms with van der Waals surface area (Å²) in [6, 6.07) is 17.3. The van der Waals surface area contributed by atoms with Crippen molar-refractivity contribution in [1.82, 2.24) is 15.6 Å². The smallest absolute Gasteiger partial charge is 0.252 e. The van der Waals surface area contributed by atoms with E-state index in [1.807, 2.05) is 48.8 Å². The van der Waals surface area contributed by atoms with Crippen LogP contribution in [0.25, 0.3) is 0 Å². The van der Waals surface area contributed by atoms with Crippen molar-refractivity contribution in [3.05, 3.63) is 94.3 Å². The highest BCUT2D eigenvalue weighted by molar-refractivity contribution is 6.33. The second-order valence-electron chi connectivity index (χ2n) is 9.63. The highest BCUT2D eigenvalue weighted by Crippen LogP contribution is 2.32. The summed E-state index contributed by atoms with van der Waals surface area (Å²) in [4.78, 5) is 32.2. The van der Waals surface area contributed by atoms with Crippen molar-refractivity contribution >= 4 is 29.1 Å². The van der Waals surface area contributed by atoms with Gasteiger partial charge >= 0.3 is 0 Å². The molecule has 0 bridgehead atoms. The fourth-order valence-electron chi connectivity index (χ4n) is 5.31. The third kappa shape index (κ3) is 5.54. The Morgan fingerprint density at radius 2 is 1.75 bits per heavy atom. The Bertz CT molecular complexity index is 1220. The van der Waals surface area contributed by atoms with E-state index in [1.54, 1.807) is 12.1 Å². The number of nitrogens with one attached hydrogen (secondary N) is 2. The van der Waals surface area contributed by atoms with Gasteiger partial charge in [0.15, 0.2) is 0 Å². The molecular weight excluding hydrogens is 472 g/mol. The fraction of sp³-hybridized carbons (Fsp3) is 0.345. The molecule has 2 heterocycles. The minimum Gasteiger partial charge on any atom is -0.371 e. The summed E-state index contributed by atoms with van der Waals surface area (Å²) >= 11 is 6.19. The molecule has 36 heavy (non-hydrogen) atoms. The topological polar surface area (TPSA) is 74.3 Å². The lowest BCUT2D eigenvalue weighted by Gasteiger charge is -2.34. The van der Waals surface area contributed by atoms with Gasteiger partial charge in [-0.1, -0.05) is 29.8 Å². The number of hydrogen-bond acceptors (Lipinski definition) is 4. The van der Waals surface area contributed by atoms with Crippen LogP contribution in [0.3, 0.4) is 0 Å². The molecule has 2 amide bonds. The number of amides is 2. The van der Waals surface area contributed by atoms with Gasteiger partial charge in [-0.25, -0.2) is 0 Å². The van der Waals surface area contributed by atoms with E-state index in [2.05, 4.69) is 26.6 Å². The number of piperidine rings is 1. The minimum atomic E-state index is -0.167. The molecule has 5 rings (SSSR count). The van der Waals surface area contributed by atoms with E-state index in [1.165, 1.54) is 16.8 Å². The second-order valence-corrected chi connectivity index (χ2v) is 10.0. The zero-order valence-corrected chi connectivity index (χ0v) is 21.0. The molecular formula is C29H31ClN4O2. The minimum absolute atomic E-state index is 0.0235. The van der Waals surface area contributed by atoms with Crippen molar-refractivity contribution in [3.63, 3.8) is 0 Å². The predicted molar refractivity (Wildman–Crippen MR) is 143 cm³/mol. The molecule has 6 nitrogen and oxygen atoms in total. The number of pyridine rings is 1. The summed E-state index contributed by atoms with van der Waals surface area (Å²) in [5.41, 5.74) is 4.78. The lowest BCUT2D eigenvalue weighted by molar-refractivity contribution is 0.0927. The lowest BCUT2D eigenvalue weighted by Crippen LogP contribution is -2.44. The molecule has 1 aliphatic heterocycles. The molecule has 1 aromatic heterocycles. The molecule has 2 aromatic carbocycles. The van der Waals surface area contributed by atoms with Gasteiger partial charge in [0.1, 0.15) is 0 Å². The molecule has 1 saturated heterocycles. The van der Waals surface area contributed by atoms with E-state index in [0.717, 1.165) is 45.2 Å². The van der Waals surface area contributed by atoms with Gasteiger partial charge in [-0.05, 0) is 79.6 Å². The van der Waals surface area contributed by atoms with Crippen LogP contribution in [0.1, 0.15) is 63.4 Å². The first-order valence-electron chi connectivity index (χ1n) is 12.7. The maximum atomic E-state index is 13.1. The molecule has 1 fully saturated rings. The maximum Gasteiger partial charge on any atom is 0.252 e. The standard InChI is InChI=1S/C29H31ClN4O2/c30-27-7-2-1-6-25(27)29(36)32-19-22-5-3-4-20-8-9-21(18-26(20)22)28(35)33-23-12-16-34(17-13-23)24-10-14-31-15-11-24/h1-2,6-11,14-15,18,22-23H,3-5,12-13,16-17,19H2,(H,32,36)(H,33,35). The SMILES string of the molecule is O=C(NC1CCN(c2ccncc2)CC1)c1ccc2c(c1)C(CNC(=O)c1ccccc1Cl)CCC2. The summed E-state index contributed by atoms with van der Waals surface area (Å²) in [7, 11) is 0. The average molecular weight is 503 g/mol. The van der Waals surface area contributed by atoms with Gasteiger partial charge in [0, 0.05) is 55.2 Å². The first kappa shape index (κ1) is 24.3. The molecule has 1 aliphatic carbocycles. The van der Waals surface area contributed by atoms with Gasteiger partial charge < -0.3 is 15.5 Å². The number of carbonyl (C=O) groups is 2. The summed E-state index contributed by atoms with van der Waals surface area (Å²) in [5, 5.41) is 6.74. The maximum absolute atomic E-state index is 13.1. The van der Waals surface area contributed by atoms with E-state index in [9.17, 15) is 9.59 Å². The van der Waals surface area contributed by atoms with Gasteiger partial charge in [-0.3, -0.25) is 14.6 Å². The highest BCUT2D eigenvalue weighted by Gasteiger charge is 2.25. The van der Waals surface area contributed by atoms with Crippen molar-refractivity contribution in [1.29, 1.82) is 0 Å². The van der Waals surface area contributed by atoms with Gasteiger partial charge in [0.05, 0.1) is 10.6 Å². The van der Waals surface area contributed by atoms with Crippen LogP contribution >= 0.6 is 11.6 Å². The van der Waals surface area contributed by atoms with Crippen LogP contribution in [0.5, 0.6) is 0 Å². The van der Waals surface area contributed by atoms with Crippen LogP contribution in [0.2, 0.25) is 5.02 Å². The molecule has 2 aliphatic rings. The van der Waals surface area contributed by atoms with Gasteiger partial charge in [0.25, 0.3) is 11.8 Å². The van der Waals surface area contributed by atoms with E-state index in [-0.39, 0.29) is 23.8 Å². The quantitative estimate of drug-likeness (QED) is 0.498. The largest absolute Gasteiger partial charge is 0.371 e. The second kappa shape index (κ2) is 11.1. The molecule has 3 aromatic rings. The fourth-order valence-corrected chi connectivity index (χ4v) is 5.53. The third-order valence-corrected chi connectivity index (χ3v) is 7.66. The third-order valence-electron chi connectivity index (χ3n) is 7.33. The Morgan fingerprint density at radius 1 is 0.972 bits per heavy atom. The molecule has 7 heteroatoms. The average Bonchev–Trinajstić information content (AvgIpc) is 2.92. The number of rotatable bonds is 6. The van der Waals surface area contributed by atoms with Crippen LogP contribution in [0.4, 0.5) is 5.69 Å². The lowest BCUT2D eigenvalue weighted by atomic mass is 9.81. The monoisotopic (exact) mass is 502 g/mol.